The molecule has 0 amide bonds. The fourth-order valence-corrected chi connectivity index (χ4v) is 2.63. The Kier molecular flexibility index (Phi) is 4.89. The maximum atomic E-state index is 4.52. The highest BCUT2D eigenvalue weighted by atomic mass is 32.1. The summed E-state index contributed by atoms with van der Waals surface area (Å²) >= 11 is 1.71. The molecule has 2 N–H and O–H groups in total. The van der Waals surface area contributed by atoms with E-state index in [0.717, 1.165) is 35.4 Å². The molecule has 0 aromatic carbocycles. The molecule has 0 radical (unpaired) electrons. The summed E-state index contributed by atoms with van der Waals surface area (Å²) in [7, 11) is 0. The van der Waals surface area contributed by atoms with Crippen LogP contribution in [0.15, 0.2) is 12.3 Å². The van der Waals surface area contributed by atoms with Crippen molar-refractivity contribution in [2.24, 2.45) is 0 Å². The first-order valence-corrected chi connectivity index (χ1v) is 7.74. The third-order valence-electron chi connectivity index (χ3n) is 2.82. The van der Waals surface area contributed by atoms with Crippen LogP contribution in [0, 0.1) is 6.92 Å². The number of anilines is 2. The molecule has 2 aromatic heterocycles. The molecule has 108 valence electrons. The lowest BCUT2D eigenvalue weighted by Crippen LogP contribution is -2.11. The van der Waals surface area contributed by atoms with Crippen LogP contribution >= 0.6 is 11.3 Å². The van der Waals surface area contributed by atoms with Gasteiger partial charge in [0.2, 0.25) is 0 Å². The Hall–Kier alpha value is -1.69. The van der Waals surface area contributed by atoms with Crippen LogP contribution in [0.5, 0.6) is 0 Å². The van der Waals surface area contributed by atoms with Gasteiger partial charge in [-0.25, -0.2) is 15.0 Å². The molecule has 2 rings (SSSR count). The lowest BCUT2D eigenvalue weighted by atomic mass is 10.3. The molecular formula is C14H21N5S. The van der Waals surface area contributed by atoms with Crippen molar-refractivity contribution in [3.63, 3.8) is 0 Å². The van der Waals surface area contributed by atoms with Gasteiger partial charge in [0.25, 0.3) is 0 Å². The van der Waals surface area contributed by atoms with Gasteiger partial charge in [-0.2, -0.15) is 0 Å². The second kappa shape index (κ2) is 6.65. The Morgan fingerprint density at radius 1 is 1.25 bits per heavy atom. The summed E-state index contributed by atoms with van der Waals surface area (Å²) in [6.45, 7) is 9.13. The summed E-state index contributed by atoms with van der Waals surface area (Å²) in [4.78, 5) is 14.6. The number of rotatable bonds is 6. The van der Waals surface area contributed by atoms with E-state index in [2.05, 4.69) is 53.3 Å². The third-order valence-corrected chi connectivity index (χ3v) is 3.92. The molecule has 0 saturated heterocycles. The van der Waals surface area contributed by atoms with Crippen LogP contribution in [0.25, 0.3) is 0 Å². The Morgan fingerprint density at radius 3 is 2.60 bits per heavy atom. The Labute approximate surface area is 123 Å². The van der Waals surface area contributed by atoms with Gasteiger partial charge in [0.05, 0.1) is 6.04 Å². The number of nitrogens with one attached hydrogen (secondary N) is 2. The van der Waals surface area contributed by atoms with Crippen LogP contribution in [-0.2, 0) is 6.42 Å². The van der Waals surface area contributed by atoms with Crippen molar-refractivity contribution in [2.45, 2.75) is 40.2 Å². The lowest BCUT2D eigenvalue weighted by molar-refractivity contribution is 0.846. The molecule has 1 atom stereocenters. The van der Waals surface area contributed by atoms with Crippen molar-refractivity contribution in [3.05, 3.63) is 28.0 Å². The summed E-state index contributed by atoms with van der Waals surface area (Å²) in [6.07, 6.45) is 2.72. The van der Waals surface area contributed by atoms with Gasteiger partial charge in [-0.05, 0) is 20.8 Å². The molecule has 0 aliphatic carbocycles. The van der Waals surface area contributed by atoms with E-state index in [1.54, 1.807) is 11.3 Å². The minimum atomic E-state index is 0.141. The molecule has 0 fully saturated rings. The van der Waals surface area contributed by atoms with Crippen molar-refractivity contribution in [2.75, 3.05) is 17.2 Å². The van der Waals surface area contributed by atoms with Gasteiger partial charge >= 0.3 is 0 Å². The molecule has 1 unspecified atom stereocenters. The Morgan fingerprint density at radius 2 is 2.00 bits per heavy atom. The van der Waals surface area contributed by atoms with Crippen molar-refractivity contribution in [1.82, 2.24) is 15.0 Å². The Balaban J connectivity index is 2.17. The quantitative estimate of drug-likeness (QED) is 0.854. The van der Waals surface area contributed by atoms with E-state index in [-0.39, 0.29) is 6.04 Å². The summed E-state index contributed by atoms with van der Waals surface area (Å²) in [5.74, 6) is 2.55. The second-order valence-corrected chi connectivity index (χ2v) is 5.88. The number of aryl methyl sites for hydroxylation is 2. The SMILES string of the molecule is CCNc1cc(NC(C)c2ncc(C)s2)nc(CC)n1. The average molecular weight is 291 g/mol. The van der Waals surface area contributed by atoms with Gasteiger partial charge in [0, 0.05) is 30.1 Å². The molecule has 0 aliphatic heterocycles. The van der Waals surface area contributed by atoms with Crippen LogP contribution in [0.3, 0.4) is 0 Å². The molecule has 20 heavy (non-hydrogen) atoms. The molecular weight excluding hydrogens is 270 g/mol. The fourth-order valence-electron chi connectivity index (χ4n) is 1.86. The number of thiazole rings is 1. The van der Waals surface area contributed by atoms with Crippen LogP contribution in [-0.4, -0.2) is 21.5 Å². The maximum absolute atomic E-state index is 4.52. The first kappa shape index (κ1) is 14.7. The monoisotopic (exact) mass is 291 g/mol. The highest BCUT2D eigenvalue weighted by Gasteiger charge is 2.11. The van der Waals surface area contributed by atoms with E-state index in [9.17, 15) is 0 Å². The minimum absolute atomic E-state index is 0.141. The predicted octanol–water partition coefficient (Wildman–Crippen LogP) is 3.41. The molecule has 0 saturated carbocycles. The molecule has 0 aliphatic rings. The summed E-state index contributed by atoms with van der Waals surface area (Å²) in [5, 5.41) is 7.71. The van der Waals surface area contributed by atoms with Crippen molar-refractivity contribution in [3.8, 4) is 0 Å². The topological polar surface area (TPSA) is 62.7 Å². The summed E-state index contributed by atoms with van der Waals surface area (Å²) < 4.78 is 0. The molecule has 2 heterocycles. The van der Waals surface area contributed by atoms with Crippen molar-refractivity contribution < 1.29 is 0 Å². The number of nitrogens with zero attached hydrogens (tertiary/aromatic N) is 3. The van der Waals surface area contributed by atoms with Gasteiger partial charge in [-0.15, -0.1) is 11.3 Å². The van der Waals surface area contributed by atoms with Crippen LogP contribution in [0.1, 0.15) is 42.5 Å². The van der Waals surface area contributed by atoms with E-state index in [0.29, 0.717) is 0 Å². The predicted molar refractivity (Wildman–Crippen MR) is 84.5 cm³/mol. The second-order valence-electron chi connectivity index (χ2n) is 4.61. The first-order chi connectivity index (χ1) is 9.62. The summed E-state index contributed by atoms with van der Waals surface area (Å²) in [6, 6.07) is 2.09. The average Bonchev–Trinajstić information content (AvgIpc) is 2.85. The zero-order valence-electron chi connectivity index (χ0n) is 12.4. The standard InChI is InChI=1S/C14H21N5S/c1-5-11-18-12(15-6-2)7-13(19-11)17-10(4)14-16-8-9(3)20-14/h7-8,10H,5-6H2,1-4H3,(H2,15,17,18,19). The first-order valence-electron chi connectivity index (χ1n) is 6.93. The van der Waals surface area contributed by atoms with E-state index in [4.69, 9.17) is 0 Å². The zero-order valence-corrected chi connectivity index (χ0v) is 13.2. The van der Waals surface area contributed by atoms with Crippen LogP contribution in [0.2, 0.25) is 0 Å². The number of aromatic nitrogens is 3. The highest BCUT2D eigenvalue weighted by Crippen LogP contribution is 2.23. The number of hydrogen-bond acceptors (Lipinski definition) is 6. The summed E-state index contributed by atoms with van der Waals surface area (Å²) in [5.41, 5.74) is 0. The van der Waals surface area contributed by atoms with E-state index >= 15 is 0 Å². The normalized spacial score (nSPS) is 12.2. The molecule has 6 heteroatoms. The maximum Gasteiger partial charge on any atom is 0.132 e. The third kappa shape index (κ3) is 3.66. The molecule has 0 spiro atoms. The number of hydrogen-bond donors (Lipinski definition) is 2. The van der Waals surface area contributed by atoms with E-state index in [1.165, 1.54) is 4.88 Å². The van der Waals surface area contributed by atoms with Gasteiger partial charge in [-0.1, -0.05) is 6.92 Å². The molecule has 2 aromatic rings. The van der Waals surface area contributed by atoms with Crippen molar-refractivity contribution >= 4 is 23.0 Å². The Bertz CT molecular complexity index is 566. The largest absolute Gasteiger partial charge is 0.370 e. The van der Waals surface area contributed by atoms with Gasteiger partial charge < -0.3 is 10.6 Å². The molecule has 0 bridgehead atoms. The van der Waals surface area contributed by atoms with E-state index in [1.807, 2.05) is 12.3 Å². The van der Waals surface area contributed by atoms with Gasteiger partial charge in [-0.3, -0.25) is 0 Å². The van der Waals surface area contributed by atoms with Crippen LogP contribution in [0.4, 0.5) is 11.6 Å². The lowest BCUT2D eigenvalue weighted by Gasteiger charge is -2.14. The van der Waals surface area contributed by atoms with Crippen LogP contribution < -0.4 is 10.6 Å². The zero-order chi connectivity index (χ0) is 14.5. The van der Waals surface area contributed by atoms with E-state index < -0.39 is 0 Å². The highest BCUT2D eigenvalue weighted by molar-refractivity contribution is 7.11. The molecule has 5 nitrogen and oxygen atoms in total. The minimum Gasteiger partial charge on any atom is -0.370 e. The van der Waals surface area contributed by atoms with Gasteiger partial charge in [0.15, 0.2) is 0 Å². The smallest absolute Gasteiger partial charge is 0.132 e. The van der Waals surface area contributed by atoms with Gasteiger partial charge in [0.1, 0.15) is 22.5 Å². The van der Waals surface area contributed by atoms with Crippen molar-refractivity contribution in [1.29, 1.82) is 0 Å². The fraction of sp³-hybridized carbons (Fsp3) is 0.500.